The first-order valence-electron chi connectivity index (χ1n) is 8.18. The van der Waals surface area contributed by atoms with Gasteiger partial charge in [-0.3, -0.25) is 4.79 Å². The van der Waals surface area contributed by atoms with Crippen molar-refractivity contribution in [3.05, 3.63) is 29.8 Å². The van der Waals surface area contributed by atoms with Crippen LogP contribution in [-0.4, -0.2) is 26.5 Å². The fraction of sp³-hybridized carbons (Fsp3) is 0.526. The Kier molecular flexibility index (Phi) is 6.33. The Hall–Kier alpha value is -1.95. The Bertz CT molecular complexity index is 548. The Morgan fingerprint density at radius 3 is 2.68 bits per heavy atom. The van der Waals surface area contributed by atoms with E-state index < -0.39 is 0 Å². The quantitative estimate of drug-likeness (QED) is 0.866. The van der Waals surface area contributed by atoms with Crippen LogP contribution in [-0.2, 0) is 4.79 Å². The number of anilines is 1. The maximum absolute atomic E-state index is 11.9. The zero-order chi connectivity index (χ0) is 15.8. The van der Waals surface area contributed by atoms with Crippen LogP contribution in [0.25, 0.3) is 0 Å². The van der Waals surface area contributed by atoms with Crippen molar-refractivity contribution in [3.63, 3.8) is 0 Å². The summed E-state index contributed by atoms with van der Waals surface area (Å²) < 4.78 is 0. The van der Waals surface area contributed by atoms with Crippen molar-refractivity contribution >= 4 is 11.6 Å². The molecule has 0 atom stereocenters. The average Bonchev–Trinajstić information content (AvgIpc) is 2.53. The van der Waals surface area contributed by atoms with Gasteiger partial charge in [-0.05, 0) is 30.9 Å². The van der Waals surface area contributed by atoms with Gasteiger partial charge in [0.2, 0.25) is 5.91 Å². The molecule has 0 unspecified atom stereocenters. The summed E-state index contributed by atoms with van der Waals surface area (Å²) in [5.41, 5.74) is 2.09. The Labute approximate surface area is 134 Å². The summed E-state index contributed by atoms with van der Waals surface area (Å²) in [6, 6.07) is 8.04. The van der Waals surface area contributed by atoms with Gasteiger partial charge in [-0.1, -0.05) is 43.2 Å². The maximum Gasteiger partial charge on any atom is 0.221 e. The SMILES string of the molecule is CN(C)c1ccccc1C#CCNC(=O)CC1CCCCC1. The lowest BCUT2D eigenvalue weighted by molar-refractivity contribution is -0.122. The minimum Gasteiger partial charge on any atom is -0.377 e. The molecule has 3 nitrogen and oxygen atoms in total. The fourth-order valence-electron chi connectivity index (χ4n) is 2.98. The first-order chi connectivity index (χ1) is 10.7. The molecule has 1 fully saturated rings. The number of para-hydroxylation sites is 1. The van der Waals surface area contributed by atoms with Crippen molar-refractivity contribution in [3.8, 4) is 11.8 Å². The zero-order valence-electron chi connectivity index (χ0n) is 13.7. The molecule has 3 heteroatoms. The van der Waals surface area contributed by atoms with Crippen molar-refractivity contribution in [2.24, 2.45) is 5.92 Å². The summed E-state index contributed by atoms with van der Waals surface area (Å²) in [4.78, 5) is 14.0. The molecular formula is C19H26N2O. The second kappa shape index (κ2) is 8.48. The van der Waals surface area contributed by atoms with Crippen LogP contribution in [0.2, 0.25) is 0 Å². The monoisotopic (exact) mass is 298 g/mol. The molecule has 1 aromatic rings. The molecule has 0 aliphatic heterocycles. The van der Waals surface area contributed by atoms with Crippen molar-refractivity contribution in [1.29, 1.82) is 0 Å². The lowest BCUT2D eigenvalue weighted by Gasteiger charge is -2.20. The number of rotatable bonds is 4. The number of hydrogen-bond donors (Lipinski definition) is 1. The van der Waals surface area contributed by atoms with E-state index in [1.165, 1.54) is 32.1 Å². The van der Waals surface area contributed by atoms with Gasteiger partial charge < -0.3 is 10.2 Å². The van der Waals surface area contributed by atoms with E-state index in [0.717, 1.165) is 11.3 Å². The molecule has 0 heterocycles. The molecule has 1 aliphatic carbocycles. The normalized spacial score (nSPS) is 14.8. The van der Waals surface area contributed by atoms with E-state index in [0.29, 0.717) is 18.9 Å². The van der Waals surface area contributed by atoms with Crippen LogP contribution < -0.4 is 10.2 Å². The third-order valence-corrected chi connectivity index (χ3v) is 4.18. The Morgan fingerprint density at radius 2 is 1.95 bits per heavy atom. The third-order valence-electron chi connectivity index (χ3n) is 4.18. The molecule has 0 bridgehead atoms. The van der Waals surface area contributed by atoms with Crippen LogP contribution in [0.1, 0.15) is 44.1 Å². The lowest BCUT2D eigenvalue weighted by Crippen LogP contribution is -2.26. The summed E-state index contributed by atoms with van der Waals surface area (Å²) in [6.45, 7) is 0.424. The van der Waals surface area contributed by atoms with Crippen LogP contribution in [0.4, 0.5) is 5.69 Å². The molecular weight excluding hydrogens is 272 g/mol. The van der Waals surface area contributed by atoms with Gasteiger partial charge in [-0.25, -0.2) is 0 Å². The standard InChI is InChI=1S/C19H26N2O/c1-21(2)18-13-7-6-11-17(18)12-8-14-20-19(22)15-16-9-4-3-5-10-16/h6-7,11,13,16H,3-5,9-10,14-15H2,1-2H3,(H,20,22). The number of hydrogen-bond acceptors (Lipinski definition) is 2. The van der Waals surface area contributed by atoms with Gasteiger partial charge in [-0.2, -0.15) is 0 Å². The van der Waals surface area contributed by atoms with Gasteiger partial charge in [0.1, 0.15) is 0 Å². The van der Waals surface area contributed by atoms with Gasteiger partial charge in [0, 0.05) is 26.1 Å². The van der Waals surface area contributed by atoms with Gasteiger partial charge in [-0.15, -0.1) is 0 Å². The molecule has 0 radical (unpaired) electrons. The predicted octanol–water partition coefficient (Wildman–Crippen LogP) is 3.19. The first-order valence-corrected chi connectivity index (χ1v) is 8.18. The van der Waals surface area contributed by atoms with E-state index >= 15 is 0 Å². The van der Waals surface area contributed by atoms with Gasteiger partial charge >= 0.3 is 0 Å². The smallest absolute Gasteiger partial charge is 0.221 e. The van der Waals surface area contributed by atoms with E-state index in [4.69, 9.17) is 0 Å². The fourth-order valence-corrected chi connectivity index (χ4v) is 2.98. The maximum atomic E-state index is 11.9. The third kappa shape index (κ3) is 5.11. The van der Waals surface area contributed by atoms with E-state index in [1.807, 2.05) is 43.3 Å². The van der Waals surface area contributed by atoms with Crippen LogP contribution in [0.5, 0.6) is 0 Å². The van der Waals surface area contributed by atoms with E-state index in [9.17, 15) is 4.79 Å². The molecule has 22 heavy (non-hydrogen) atoms. The topological polar surface area (TPSA) is 32.3 Å². The molecule has 1 saturated carbocycles. The van der Waals surface area contributed by atoms with E-state index in [1.54, 1.807) is 0 Å². The zero-order valence-corrected chi connectivity index (χ0v) is 13.7. The highest BCUT2D eigenvalue weighted by molar-refractivity contribution is 5.76. The number of nitrogens with one attached hydrogen (secondary N) is 1. The van der Waals surface area contributed by atoms with Crippen LogP contribution in [0.15, 0.2) is 24.3 Å². The van der Waals surface area contributed by atoms with Gasteiger partial charge in [0.15, 0.2) is 0 Å². The highest BCUT2D eigenvalue weighted by atomic mass is 16.1. The molecule has 1 N–H and O–H groups in total. The minimum absolute atomic E-state index is 0.141. The van der Waals surface area contributed by atoms with E-state index in [2.05, 4.69) is 17.2 Å². The number of benzene rings is 1. The molecule has 0 spiro atoms. The van der Waals surface area contributed by atoms with Crippen molar-refractivity contribution in [2.75, 3.05) is 25.5 Å². The molecule has 1 aliphatic rings. The lowest BCUT2D eigenvalue weighted by atomic mass is 9.87. The predicted molar refractivity (Wildman–Crippen MR) is 91.8 cm³/mol. The first kappa shape index (κ1) is 16.4. The summed E-state index contributed by atoms with van der Waals surface area (Å²) in [7, 11) is 4.01. The minimum atomic E-state index is 0.141. The average molecular weight is 298 g/mol. The number of nitrogens with zero attached hydrogens (tertiary/aromatic N) is 1. The van der Waals surface area contributed by atoms with Gasteiger partial charge in [0.25, 0.3) is 0 Å². The van der Waals surface area contributed by atoms with Crippen LogP contribution in [0.3, 0.4) is 0 Å². The molecule has 0 aromatic heterocycles. The largest absolute Gasteiger partial charge is 0.377 e. The number of amides is 1. The number of carbonyl (C=O) groups excluding carboxylic acids is 1. The molecule has 118 valence electrons. The highest BCUT2D eigenvalue weighted by Gasteiger charge is 2.16. The number of carbonyl (C=O) groups is 1. The van der Waals surface area contributed by atoms with Crippen LogP contribution in [0, 0.1) is 17.8 Å². The van der Waals surface area contributed by atoms with Gasteiger partial charge in [0.05, 0.1) is 12.2 Å². The van der Waals surface area contributed by atoms with Crippen LogP contribution >= 0.6 is 0 Å². The summed E-state index contributed by atoms with van der Waals surface area (Å²) in [5, 5.41) is 2.92. The molecule has 2 rings (SSSR count). The second-order valence-corrected chi connectivity index (χ2v) is 6.20. The summed E-state index contributed by atoms with van der Waals surface area (Å²) in [5.74, 6) is 6.92. The molecule has 0 saturated heterocycles. The second-order valence-electron chi connectivity index (χ2n) is 6.20. The molecule has 1 aromatic carbocycles. The summed E-state index contributed by atoms with van der Waals surface area (Å²) in [6.07, 6.45) is 6.95. The highest BCUT2D eigenvalue weighted by Crippen LogP contribution is 2.25. The van der Waals surface area contributed by atoms with E-state index in [-0.39, 0.29) is 5.91 Å². The molecule has 1 amide bonds. The Balaban J connectivity index is 1.80. The van der Waals surface area contributed by atoms with Crippen molar-refractivity contribution < 1.29 is 4.79 Å². The van der Waals surface area contributed by atoms with Crippen molar-refractivity contribution in [1.82, 2.24) is 5.32 Å². The summed E-state index contributed by atoms with van der Waals surface area (Å²) >= 11 is 0. The Morgan fingerprint density at radius 1 is 1.23 bits per heavy atom. The van der Waals surface area contributed by atoms with Crippen molar-refractivity contribution in [2.45, 2.75) is 38.5 Å².